The number of nitrogen functional groups attached to an aromatic ring is 2. The number of esters is 2. The highest BCUT2D eigenvalue weighted by Crippen LogP contribution is 2.43. The minimum absolute atomic E-state index is 0. The molecule has 6 aliphatic rings. The summed E-state index contributed by atoms with van der Waals surface area (Å²) in [6.45, 7) is 31.9. The van der Waals surface area contributed by atoms with E-state index < -0.39 is 28.4 Å². The zero-order valence-electron chi connectivity index (χ0n) is 81.8. The standard InChI is InChI=1S/C22H23ClN2O3.C18H19ClN2O2.C18H17ClN2O.C10H11ClN2O2.C10H13ClN2.C8H9NO2.C6H3ClFNO2.C6H15N.C5H10.C4H7IO2.CH4/c1-3-28-19(26)13-25-18-12-14(2)6-7-15(18)22(27)16-8-9-17(23)21(20(16)25)24-10-4-5-11-24;1-12-7-8-13(18(22)23)16(11-12)20-15-6-4-5-14(19)17(15)21-9-2-3-10-21;1-11-4-5-12-15(10-11)20-16-13(18(12)22)6-7-14(19)17(16)21-8-2-3-9-21;11-8-4-3-5-9(13(14)15)10(8)12-6-1-2-7-12;11-8-4-3-5-9(12)10(8)13-6-1-2-7-13;1-5-2-3-6(8(10)11)7(9)4-5;7-4-2-1-3-5(6(4)8)9(10)11;1-4-7(5-2)6-3;1-2-4-5-3-1;1-2-7-4(6)3-5;/h6-9,12H,3-5,10-11,13H2,1-2H3;4-8,11,20H,2-3,9-10H2,1H3,(H,22,23);4-7,10H,2-3,8-9H2,1H3,(H,20,22);3-5H,1-2,6-7H2;3-5H,1-2,6-7,12H2;2-4H,9H2,1H3,(H,10,11);1-3H;4-6H2,1-3H3;1-5H2;2-3H2,1H3;1H4. The van der Waals surface area contributed by atoms with E-state index in [4.69, 9.17) is 90.9 Å². The first-order chi connectivity index (χ1) is 68.1. The van der Waals surface area contributed by atoms with Crippen LogP contribution in [0.15, 0.2) is 179 Å². The second-order valence-electron chi connectivity index (χ2n) is 34.5. The number of anilines is 9. The molecule has 6 fully saturated rings. The maximum Gasteiger partial charge on any atom is 0.337 e. The van der Waals surface area contributed by atoms with Crippen molar-refractivity contribution in [1.82, 2.24) is 14.5 Å². The van der Waals surface area contributed by atoms with E-state index in [0.29, 0.717) is 76.5 Å². The number of hydrogen-bond donors (Lipinski definition) is 6. The predicted octanol–water partition coefficient (Wildman–Crippen LogP) is 27.2. The molecule has 0 spiro atoms. The van der Waals surface area contributed by atoms with Crippen LogP contribution in [0, 0.1) is 53.7 Å². The third-order valence-electron chi connectivity index (χ3n) is 24.5. The molecule has 0 atom stereocenters. The number of aryl methyl sites for hydroxylation is 4. The Kier molecular flexibility index (Phi) is 47.8. The molecule has 0 unspecified atom stereocenters. The van der Waals surface area contributed by atoms with Gasteiger partial charge in [-0.05, 0) is 257 Å². The summed E-state index contributed by atoms with van der Waals surface area (Å²) in [4.78, 5) is 107. The number of carboxylic acid groups (broad SMARTS) is 2. The topological polar surface area (TPSA) is 352 Å². The number of carbonyl (C=O) groups excluding carboxylic acids is 2. The third-order valence-corrected chi connectivity index (χ3v) is 26.9. The van der Waals surface area contributed by atoms with Gasteiger partial charge < -0.3 is 75.4 Å². The van der Waals surface area contributed by atoms with Gasteiger partial charge in [0.15, 0.2) is 10.9 Å². The van der Waals surface area contributed by atoms with Crippen LogP contribution in [0.5, 0.6) is 0 Å². The van der Waals surface area contributed by atoms with Crippen molar-refractivity contribution in [3.05, 3.63) is 280 Å². The molecule has 768 valence electrons. The number of ether oxygens (including phenoxy) is 2. The van der Waals surface area contributed by atoms with E-state index in [-0.39, 0.29) is 63.5 Å². The molecule has 35 heteroatoms. The molecule has 2 aromatic heterocycles. The first-order valence-electron chi connectivity index (χ1n) is 48.0. The number of H-pyrrole nitrogens is 1. The van der Waals surface area contributed by atoms with Crippen molar-refractivity contribution in [2.45, 2.75) is 173 Å². The molecule has 5 saturated heterocycles. The van der Waals surface area contributed by atoms with Crippen LogP contribution in [0.4, 0.5) is 67.0 Å². The lowest BCUT2D eigenvalue weighted by atomic mass is 10.1. The molecule has 12 aromatic rings. The first kappa shape index (κ1) is 117. The molecule has 18 rings (SSSR count). The Morgan fingerprint density at radius 1 is 0.441 bits per heavy atom. The van der Waals surface area contributed by atoms with Crippen LogP contribution in [-0.4, -0.2) is 161 Å². The van der Waals surface area contributed by atoms with Gasteiger partial charge in [-0.3, -0.25) is 39.4 Å². The fraction of sp³-hybridized carbons (Fsp3) is 0.389. The van der Waals surface area contributed by atoms with Crippen LogP contribution in [0.25, 0.3) is 43.6 Å². The summed E-state index contributed by atoms with van der Waals surface area (Å²) in [5.41, 5.74) is 25.4. The summed E-state index contributed by atoms with van der Waals surface area (Å²) in [6.07, 6.45) is 18.9. The Morgan fingerprint density at radius 3 is 1.31 bits per heavy atom. The van der Waals surface area contributed by atoms with Gasteiger partial charge in [0.2, 0.25) is 5.82 Å². The molecule has 1 saturated carbocycles. The number of pyridine rings is 2. The molecule has 1 aliphatic carbocycles. The number of aromatic carboxylic acids is 2. The van der Waals surface area contributed by atoms with Gasteiger partial charge in [0.05, 0.1) is 131 Å². The number of aromatic nitrogens is 2. The molecule has 0 radical (unpaired) electrons. The Bertz CT molecular complexity index is 6430. The van der Waals surface area contributed by atoms with Gasteiger partial charge >= 0.3 is 29.6 Å². The number of nitrogens with zero attached hydrogens (tertiary/aromatic N) is 9. The maximum absolute atomic E-state index is 13.3. The molecular formula is C108H131Cl6FIN13O14. The predicted molar refractivity (Wildman–Crippen MR) is 597 cm³/mol. The molecular weight excluding hydrogens is 2060 g/mol. The van der Waals surface area contributed by atoms with E-state index in [1.54, 1.807) is 62.4 Å². The zero-order chi connectivity index (χ0) is 103. The quantitative estimate of drug-likeness (QED) is 0.00833. The van der Waals surface area contributed by atoms with E-state index in [1.165, 1.54) is 102 Å². The highest BCUT2D eigenvalue weighted by Gasteiger charge is 2.29. The SMILES string of the molecule is C.C1CCCC1.CCN(CC)CC.CCOC(=O)CI.CCOC(=O)Cn1c2cc(C)ccc2c(=O)c2ccc(Cl)c(N3CCCC3)c21.Cc1ccc(C(=O)O)c(N)c1.Cc1ccc(C(=O)O)c(Nc2cccc(Cl)c2N2CCCC2)c1.Cc1ccc2c(=O)c3ccc(Cl)c(N4CCCC4)c3[nH]c2c1.Nc1cccc(Cl)c1N1CCCC1.O=[N+]([O-])c1cccc(Cl)c1F.O=[N+]([O-])c1cccc(Cl)c1N1CCCC1. The monoisotopic (exact) mass is 2190 g/mol. The van der Waals surface area contributed by atoms with Gasteiger partial charge in [-0.15, -0.1) is 0 Å². The fourth-order valence-corrected chi connectivity index (χ4v) is 19.2. The molecule has 10 aromatic carbocycles. The number of nitro benzene ring substituents is 2. The Labute approximate surface area is 879 Å². The Morgan fingerprint density at radius 2 is 0.832 bits per heavy atom. The van der Waals surface area contributed by atoms with E-state index >= 15 is 0 Å². The molecule has 5 aliphatic heterocycles. The van der Waals surface area contributed by atoms with Crippen LogP contribution in [0.3, 0.4) is 0 Å². The highest BCUT2D eigenvalue weighted by atomic mass is 127. The van der Waals surface area contributed by atoms with E-state index in [1.807, 2.05) is 151 Å². The lowest BCUT2D eigenvalue weighted by molar-refractivity contribution is -0.387. The largest absolute Gasteiger partial charge is 0.478 e. The van der Waals surface area contributed by atoms with Crippen molar-refractivity contribution < 1.29 is 53.1 Å². The van der Waals surface area contributed by atoms with Gasteiger partial charge in [-0.2, -0.15) is 4.39 Å². The number of nitro groups is 2. The number of nitrogens with one attached hydrogen (secondary N) is 2. The molecule has 7 heterocycles. The average Bonchev–Trinajstić information content (AvgIpc) is 1.56. The van der Waals surface area contributed by atoms with E-state index in [2.05, 4.69) is 60.3 Å². The summed E-state index contributed by atoms with van der Waals surface area (Å²) in [5, 5.41) is 47.8. The summed E-state index contributed by atoms with van der Waals surface area (Å²) < 4.78 is 24.8. The number of hydrogen-bond acceptors (Lipinski definition) is 21. The second-order valence-corrected chi connectivity index (χ2v) is 37.7. The van der Waals surface area contributed by atoms with Crippen LogP contribution in [0.1, 0.15) is 181 Å². The Hall–Kier alpha value is -11.4. The number of aromatic amines is 1. The maximum atomic E-state index is 13.3. The first-order valence-corrected chi connectivity index (χ1v) is 51.8. The number of alkyl halides is 1. The number of benzene rings is 10. The molecule has 0 amide bonds. The van der Waals surface area contributed by atoms with Gasteiger partial charge in [0, 0.05) is 105 Å². The van der Waals surface area contributed by atoms with Crippen LogP contribution >= 0.6 is 92.2 Å². The van der Waals surface area contributed by atoms with Crippen molar-refractivity contribution >= 4 is 222 Å². The number of carbonyl (C=O) groups is 4. The third kappa shape index (κ3) is 32.8. The van der Waals surface area contributed by atoms with Crippen molar-refractivity contribution in [2.75, 3.05) is 144 Å². The lowest BCUT2D eigenvalue weighted by Crippen LogP contribution is -2.23. The summed E-state index contributed by atoms with van der Waals surface area (Å²) in [5.74, 6) is -3.38. The molecule has 8 N–H and O–H groups in total. The zero-order valence-corrected chi connectivity index (χ0v) is 88.5. The van der Waals surface area contributed by atoms with Gasteiger partial charge in [0.25, 0.3) is 5.69 Å². The number of carboxylic acids is 2. The van der Waals surface area contributed by atoms with Crippen molar-refractivity contribution in [2.24, 2.45) is 0 Å². The van der Waals surface area contributed by atoms with Crippen LogP contribution in [-0.2, 0) is 25.6 Å². The normalized spacial score (nSPS) is 13.7. The number of nitrogens with two attached hydrogens (primary N) is 2. The number of halogens is 8. The van der Waals surface area contributed by atoms with E-state index in [9.17, 15) is 58.5 Å². The second kappa shape index (κ2) is 58.5. The van der Waals surface area contributed by atoms with Crippen LogP contribution < -0.4 is 52.1 Å². The number of para-hydroxylation sites is 3. The Balaban J connectivity index is 0.000000201. The van der Waals surface area contributed by atoms with Gasteiger partial charge in [-0.1, -0.05) is 201 Å². The summed E-state index contributed by atoms with van der Waals surface area (Å²) in [7, 11) is 0. The van der Waals surface area contributed by atoms with Gasteiger partial charge in [-0.25, -0.2) is 9.59 Å². The number of rotatable bonds is 19. The summed E-state index contributed by atoms with van der Waals surface area (Å²) in [6, 6.07) is 48.8. The van der Waals surface area contributed by atoms with Gasteiger partial charge in [0.1, 0.15) is 12.2 Å². The highest BCUT2D eigenvalue weighted by molar-refractivity contribution is 14.1. The molecule has 27 nitrogen and oxygen atoms in total. The van der Waals surface area contributed by atoms with E-state index in [0.717, 1.165) is 193 Å². The molecule has 143 heavy (non-hydrogen) atoms. The smallest absolute Gasteiger partial charge is 0.337 e. The van der Waals surface area contributed by atoms with Crippen LogP contribution in [0.2, 0.25) is 30.1 Å². The average molecular weight is 2190 g/mol. The number of fused-ring (bicyclic) bond motifs is 4. The fourth-order valence-electron chi connectivity index (χ4n) is 17.4. The van der Waals surface area contributed by atoms with Crippen molar-refractivity contribution in [3.63, 3.8) is 0 Å². The molecule has 0 bridgehead atoms. The summed E-state index contributed by atoms with van der Waals surface area (Å²) >= 11 is 38.8. The van der Waals surface area contributed by atoms with Crippen molar-refractivity contribution in [3.8, 4) is 0 Å². The minimum Gasteiger partial charge on any atom is -0.478 e. The lowest BCUT2D eigenvalue weighted by Gasteiger charge is -2.24. The minimum atomic E-state index is -0.987. The van der Waals surface area contributed by atoms with Crippen molar-refractivity contribution in [1.29, 1.82) is 0 Å².